The van der Waals surface area contributed by atoms with Crippen molar-refractivity contribution in [2.24, 2.45) is 0 Å². The SMILES string of the molecule is CS(=O)(=O)c1ccc(-c2ccn3c(-c4ccc(-c5ccc(F)cc5)s4)cnc3c2)cc1. The van der Waals surface area contributed by atoms with Crippen LogP contribution in [0.2, 0.25) is 0 Å². The molecular formula is C24H17FN2O2S2. The van der Waals surface area contributed by atoms with Crippen LogP contribution in [0.4, 0.5) is 4.39 Å². The number of hydrogen-bond acceptors (Lipinski definition) is 4. The van der Waals surface area contributed by atoms with E-state index in [0.717, 1.165) is 37.8 Å². The number of rotatable bonds is 4. The lowest BCUT2D eigenvalue weighted by Crippen LogP contribution is -1.96. The van der Waals surface area contributed by atoms with E-state index in [0.29, 0.717) is 4.90 Å². The molecule has 0 aliphatic carbocycles. The number of benzene rings is 2. The van der Waals surface area contributed by atoms with Crippen LogP contribution >= 0.6 is 11.3 Å². The fourth-order valence-corrected chi connectivity index (χ4v) is 5.13. The van der Waals surface area contributed by atoms with Gasteiger partial charge in [-0.25, -0.2) is 17.8 Å². The number of pyridine rings is 1. The first-order valence-corrected chi connectivity index (χ1v) is 12.2. The molecule has 3 aromatic heterocycles. The highest BCUT2D eigenvalue weighted by molar-refractivity contribution is 7.90. The van der Waals surface area contributed by atoms with E-state index < -0.39 is 9.84 Å². The Bertz CT molecular complexity index is 1500. The maximum Gasteiger partial charge on any atom is 0.175 e. The third-order valence-corrected chi connectivity index (χ3v) is 7.40. The van der Waals surface area contributed by atoms with Crippen LogP contribution in [0.15, 0.2) is 90.1 Å². The molecule has 5 aromatic rings. The molecule has 0 spiro atoms. The molecule has 0 fully saturated rings. The zero-order valence-corrected chi connectivity index (χ0v) is 18.1. The van der Waals surface area contributed by atoms with E-state index in [1.807, 2.05) is 41.1 Å². The smallest absolute Gasteiger partial charge is 0.175 e. The fraction of sp³-hybridized carbons (Fsp3) is 0.0417. The van der Waals surface area contributed by atoms with Crippen LogP contribution in [-0.4, -0.2) is 24.1 Å². The van der Waals surface area contributed by atoms with Crippen LogP contribution in [0, 0.1) is 5.82 Å². The van der Waals surface area contributed by atoms with Crippen molar-refractivity contribution in [3.05, 3.63) is 91.0 Å². The molecular weight excluding hydrogens is 431 g/mol. The van der Waals surface area contributed by atoms with Crippen LogP contribution in [0.1, 0.15) is 0 Å². The molecule has 0 N–H and O–H groups in total. The molecule has 0 unspecified atom stereocenters. The summed E-state index contributed by atoms with van der Waals surface area (Å²) >= 11 is 1.63. The Kier molecular flexibility index (Phi) is 4.72. The minimum absolute atomic E-state index is 0.246. The van der Waals surface area contributed by atoms with Crippen LogP contribution in [-0.2, 0) is 9.84 Å². The van der Waals surface area contributed by atoms with Gasteiger partial charge in [-0.2, -0.15) is 0 Å². The molecule has 0 amide bonds. The lowest BCUT2D eigenvalue weighted by Gasteiger charge is -2.05. The Morgan fingerprint density at radius 3 is 2.23 bits per heavy atom. The number of aromatic nitrogens is 2. The van der Waals surface area contributed by atoms with Gasteiger partial charge in [-0.3, -0.25) is 4.40 Å². The maximum absolute atomic E-state index is 13.2. The summed E-state index contributed by atoms with van der Waals surface area (Å²) in [6, 6.07) is 21.4. The fourth-order valence-electron chi connectivity index (χ4n) is 3.48. The topological polar surface area (TPSA) is 51.4 Å². The van der Waals surface area contributed by atoms with Crippen molar-refractivity contribution in [1.82, 2.24) is 9.38 Å². The van der Waals surface area contributed by atoms with Gasteiger partial charge in [0.15, 0.2) is 9.84 Å². The zero-order valence-electron chi connectivity index (χ0n) is 16.5. The van der Waals surface area contributed by atoms with E-state index in [4.69, 9.17) is 0 Å². The number of sulfone groups is 1. The number of halogens is 1. The van der Waals surface area contributed by atoms with Crippen molar-refractivity contribution >= 4 is 26.8 Å². The van der Waals surface area contributed by atoms with E-state index >= 15 is 0 Å². The predicted octanol–water partition coefficient (Wildman–Crippen LogP) is 5.94. The molecule has 7 heteroatoms. The van der Waals surface area contributed by atoms with E-state index in [1.54, 1.807) is 47.7 Å². The summed E-state index contributed by atoms with van der Waals surface area (Å²) in [6.07, 6.45) is 5.01. The quantitative estimate of drug-likeness (QED) is 0.342. The van der Waals surface area contributed by atoms with Crippen molar-refractivity contribution in [3.8, 4) is 32.1 Å². The van der Waals surface area contributed by atoms with Crippen molar-refractivity contribution in [2.75, 3.05) is 6.26 Å². The Labute approximate surface area is 183 Å². The second-order valence-corrected chi connectivity index (χ2v) is 10.4. The largest absolute Gasteiger partial charge is 0.299 e. The van der Waals surface area contributed by atoms with Gasteiger partial charge in [0.2, 0.25) is 0 Å². The molecule has 0 atom stereocenters. The normalized spacial score (nSPS) is 11.8. The first kappa shape index (κ1) is 19.7. The summed E-state index contributed by atoms with van der Waals surface area (Å²) in [6.45, 7) is 0. The average Bonchev–Trinajstić information content (AvgIpc) is 3.40. The van der Waals surface area contributed by atoms with E-state index in [1.165, 1.54) is 18.4 Å². The first-order chi connectivity index (χ1) is 14.9. The Hall–Kier alpha value is -3.29. The molecule has 4 nitrogen and oxygen atoms in total. The maximum atomic E-state index is 13.2. The highest BCUT2D eigenvalue weighted by Crippen LogP contribution is 2.35. The third kappa shape index (κ3) is 3.78. The third-order valence-electron chi connectivity index (χ3n) is 5.12. The highest BCUT2D eigenvalue weighted by Gasteiger charge is 2.12. The molecule has 0 saturated carbocycles. The molecule has 31 heavy (non-hydrogen) atoms. The lowest BCUT2D eigenvalue weighted by atomic mass is 10.1. The Morgan fingerprint density at radius 2 is 1.52 bits per heavy atom. The van der Waals surface area contributed by atoms with Crippen LogP contribution in [0.25, 0.3) is 37.8 Å². The summed E-state index contributed by atoms with van der Waals surface area (Å²) in [7, 11) is -3.22. The Morgan fingerprint density at radius 1 is 0.839 bits per heavy atom. The lowest BCUT2D eigenvalue weighted by molar-refractivity contribution is 0.602. The monoisotopic (exact) mass is 448 g/mol. The summed E-state index contributed by atoms with van der Waals surface area (Å²) in [4.78, 5) is 6.99. The van der Waals surface area contributed by atoms with Crippen molar-refractivity contribution < 1.29 is 12.8 Å². The molecule has 0 aliphatic rings. The minimum atomic E-state index is -3.22. The molecule has 154 valence electrons. The van der Waals surface area contributed by atoms with Crippen molar-refractivity contribution in [3.63, 3.8) is 0 Å². The second kappa shape index (κ2) is 7.44. The van der Waals surface area contributed by atoms with E-state index in [-0.39, 0.29) is 5.82 Å². The van der Waals surface area contributed by atoms with Gasteiger partial charge < -0.3 is 0 Å². The van der Waals surface area contributed by atoms with Gasteiger partial charge in [0, 0.05) is 17.3 Å². The summed E-state index contributed by atoms with van der Waals surface area (Å²) in [5.41, 5.74) is 4.65. The summed E-state index contributed by atoms with van der Waals surface area (Å²) < 4.78 is 38.6. The number of fused-ring (bicyclic) bond motifs is 1. The van der Waals surface area contributed by atoms with E-state index in [2.05, 4.69) is 4.98 Å². The molecule has 3 heterocycles. The van der Waals surface area contributed by atoms with Gasteiger partial charge in [-0.05, 0) is 65.2 Å². The van der Waals surface area contributed by atoms with Crippen LogP contribution in [0.3, 0.4) is 0 Å². The van der Waals surface area contributed by atoms with Crippen molar-refractivity contribution in [1.29, 1.82) is 0 Å². The van der Waals surface area contributed by atoms with Crippen molar-refractivity contribution in [2.45, 2.75) is 4.90 Å². The van der Waals surface area contributed by atoms with Gasteiger partial charge in [0.1, 0.15) is 11.5 Å². The van der Waals surface area contributed by atoms with Gasteiger partial charge >= 0.3 is 0 Å². The minimum Gasteiger partial charge on any atom is -0.299 e. The van der Waals surface area contributed by atoms with Gasteiger partial charge in [-0.15, -0.1) is 11.3 Å². The molecule has 0 saturated heterocycles. The van der Waals surface area contributed by atoms with Crippen LogP contribution < -0.4 is 0 Å². The zero-order chi connectivity index (χ0) is 21.6. The second-order valence-electron chi connectivity index (χ2n) is 7.25. The molecule has 0 aliphatic heterocycles. The number of hydrogen-bond donors (Lipinski definition) is 0. The Balaban J connectivity index is 1.48. The number of thiophene rings is 1. The van der Waals surface area contributed by atoms with Gasteiger partial charge in [0.05, 0.1) is 21.7 Å². The summed E-state index contributed by atoms with van der Waals surface area (Å²) in [5, 5.41) is 0. The van der Waals surface area contributed by atoms with Gasteiger partial charge in [0.25, 0.3) is 0 Å². The number of imidazole rings is 1. The molecule has 0 radical (unpaired) electrons. The molecule has 0 bridgehead atoms. The molecule has 2 aromatic carbocycles. The van der Waals surface area contributed by atoms with Crippen LogP contribution in [0.5, 0.6) is 0 Å². The van der Waals surface area contributed by atoms with Gasteiger partial charge in [-0.1, -0.05) is 24.3 Å². The number of nitrogens with zero attached hydrogens (tertiary/aromatic N) is 2. The van der Waals surface area contributed by atoms with E-state index in [9.17, 15) is 12.8 Å². The highest BCUT2D eigenvalue weighted by atomic mass is 32.2. The average molecular weight is 449 g/mol. The predicted molar refractivity (Wildman–Crippen MR) is 122 cm³/mol. The first-order valence-electron chi connectivity index (χ1n) is 9.52. The standard InChI is InChI=1S/C24H17FN2O2S2/c1-31(28,29)20-8-4-16(5-9-20)18-12-13-27-21(15-26-24(27)14-18)23-11-10-22(30-23)17-2-6-19(25)7-3-17/h2-15H,1H3. The summed E-state index contributed by atoms with van der Waals surface area (Å²) in [5.74, 6) is -0.246. The molecule has 5 rings (SSSR count).